The van der Waals surface area contributed by atoms with Gasteiger partial charge in [-0.2, -0.15) is 0 Å². The van der Waals surface area contributed by atoms with Crippen molar-refractivity contribution in [3.8, 4) is 11.5 Å². The molecule has 37 heavy (non-hydrogen) atoms. The van der Waals surface area contributed by atoms with Crippen molar-refractivity contribution in [1.82, 2.24) is 10.2 Å². The molecule has 0 radical (unpaired) electrons. The highest BCUT2D eigenvalue weighted by atomic mass is 16.6. The number of nitrogens with zero attached hydrogens (tertiary/aromatic N) is 2. The molecule has 1 aromatic heterocycles. The van der Waals surface area contributed by atoms with Crippen LogP contribution in [0.25, 0.3) is 6.08 Å². The number of nitrogens with one attached hydrogen (secondary N) is 1. The number of ether oxygens (including phenoxy) is 4. The number of hydrogen-bond acceptors (Lipinski definition) is 11. The van der Waals surface area contributed by atoms with Crippen LogP contribution in [0.1, 0.15) is 35.7 Å². The molecule has 0 unspecified atom stereocenters. The van der Waals surface area contributed by atoms with E-state index >= 15 is 0 Å². The summed E-state index contributed by atoms with van der Waals surface area (Å²) in [6.07, 6.45) is 0.0586. The molecular formula is C23H23N3O11. The Morgan fingerprint density at radius 2 is 1.95 bits per heavy atom. The fourth-order valence-corrected chi connectivity index (χ4v) is 3.31. The predicted molar refractivity (Wildman–Crippen MR) is 123 cm³/mol. The van der Waals surface area contributed by atoms with Gasteiger partial charge in [0.05, 0.1) is 32.3 Å². The van der Waals surface area contributed by atoms with Crippen LogP contribution >= 0.6 is 0 Å². The van der Waals surface area contributed by atoms with Crippen LogP contribution in [-0.2, 0) is 25.6 Å². The van der Waals surface area contributed by atoms with Gasteiger partial charge in [-0.05, 0) is 43.7 Å². The van der Waals surface area contributed by atoms with E-state index in [4.69, 9.17) is 13.9 Å². The molecule has 0 aliphatic carbocycles. The summed E-state index contributed by atoms with van der Waals surface area (Å²) in [4.78, 5) is 60.5. The molecule has 14 nitrogen and oxygen atoms in total. The fraction of sp³-hybridized carbons (Fsp3) is 0.304. The van der Waals surface area contributed by atoms with E-state index in [0.717, 1.165) is 18.1 Å². The number of nitro benzene ring substituents is 1. The second-order valence-corrected chi connectivity index (χ2v) is 7.48. The lowest BCUT2D eigenvalue weighted by Gasteiger charge is -2.16. The summed E-state index contributed by atoms with van der Waals surface area (Å²) in [5, 5.41) is 14.2. The van der Waals surface area contributed by atoms with Gasteiger partial charge >= 0.3 is 23.7 Å². The maximum absolute atomic E-state index is 12.9. The number of nitro groups is 1. The molecule has 0 saturated carbocycles. The van der Waals surface area contributed by atoms with Gasteiger partial charge in [-0.1, -0.05) is 0 Å². The molecule has 0 bridgehead atoms. The van der Waals surface area contributed by atoms with Crippen LogP contribution in [0.15, 0.2) is 34.4 Å². The summed E-state index contributed by atoms with van der Waals surface area (Å²) >= 11 is 0. The zero-order chi connectivity index (χ0) is 27.3. The van der Waals surface area contributed by atoms with Crippen molar-refractivity contribution in [2.75, 3.05) is 20.8 Å². The number of urea groups is 1. The Balaban J connectivity index is 1.92. The Kier molecular flexibility index (Phi) is 8.12. The number of rotatable bonds is 10. The van der Waals surface area contributed by atoms with Crippen LogP contribution in [0.4, 0.5) is 10.5 Å². The molecule has 14 heteroatoms. The maximum atomic E-state index is 12.9. The van der Waals surface area contributed by atoms with Crippen LogP contribution < -0.4 is 14.8 Å². The van der Waals surface area contributed by atoms with E-state index in [1.165, 1.54) is 38.3 Å². The molecule has 1 fully saturated rings. The third kappa shape index (κ3) is 5.86. The average Bonchev–Trinajstić information content (AvgIpc) is 3.44. The van der Waals surface area contributed by atoms with E-state index in [0.29, 0.717) is 0 Å². The van der Waals surface area contributed by atoms with Crippen LogP contribution in [0, 0.1) is 10.1 Å². The van der Waals surface area contributed by atoms with Crippen molar-refractivity contribution >= 4 is 35.6 Å². The molecule has 2 heterocycles. The highest BCUT2D eigenvalue weighted by molar-refractivity contribution is 6.13. The number of furan rings is 1. The van der Waals surface area contributed by atoms with E-state index < -0.39 is 40.6 Å². The van der Waals surface area contributed by atoms with E-state index in [-0.39, 0.29) is 47.4 Å². The summed E-state index contributed by atoms with van der Waals surface area (Å²) in [5.41, 5.74) is -0.559. The Hall–Kier alpha value is -4.88. The standard InChI is InChI=1S/C23H23N3O11/c1-5-35-18-10-13(9-16(26(31)32)19(18)36-12(2)21(28)33-3)8-15-20(27)25(23(30)24-15)11-14-6-7-17(37-14)22(29)34-4/h6-10,12H,5,11H2,1-4H3,(H,24,30)/b15-8-/t12-/m1/s1. The summed E-state index contributed by atoms with van der Waals surface area (Å²) in [7, 11) is 2.33. The average molecular weight is 517 g/mol. The second kappa shape index (κ2) is 11.2. The normalized spacial score (nSPS) is 14.8. The topological polar surface area (TPSA) is 177 Å². The number of hydrogen-bond donors (Lipinski definition) is 1. The molecule has 3 rings (SSSR count). The molecule has 1 atom stereocenters. The zero-order valence-electron chi connectivity index (χ0n) is 20.3. The van der Waals surface area contributed by atoms with Crippen molar-refractivity contribution < 1.29 is 47.5 Å². The molecule has 2 aromatic rings. The summed E-state index contributed by atoms with van der Waals surface area (Å²) < 4.78 is 25.4. The van der Waals surface area contributed by atoms with Crippen LogP contribution in [0.2, 0.25) is 0 Å². The number of amides is 3. The SMILES string of the molecule is CCOc1cc(/C=C2\NC(=O)N(Cc3ccc(C(=O)OC)o3)C2=O)cc([N+](=O)[O-])c1O[C@H](C)C(=O)OC. The number of carbonyl (C=O) groups is 4. The van der Waals surface area contributed by atoms with Gasteiger partial charge in [-0.3, -0.25) is 19.8 Å². The van der Waals surface area contributed by atoms with Crippen LogP contribution in [0.5, 0.6) is 11.5 Å². The van der Waals surface area contributed by atoms with Gasteiger partial charge in [-0.15, -0.1) is 0 Å². The third-order valence-corrected chi connectivity index (χ3v) is 5.02. The Bertz CT molecular complexity index is 1280. The van der Waals surface area contributed by atoms with Crippen molar-refractivity contribution in [3.05, 3.63) is 57.2 Å². The van der Waals surface area contributed by atoms with Crippen molar-refractivity contribution in [3.63, 3.8) is 0 Å². The molecule has 0 spiro atoms. The fourth-order valence-electron chi connectivity index (χ4n) is 3.31. The van der Waals surface area contributed by atoms with E-state index in [1.54, 1.807) is 6.92 Å². The molecule has 1 aliphatic rings. The molecule has 1 N–H and O–H groups in total. The van der Waals surface area contributed by atoms with Gasteiger partial charge in [0.15, 0.2) is 11.9 Å². The summed E-state index contributed by atoms with van der Waals surface area (Å²) in [5.74, 6) is -2.50. The van der Waals surface area contributed by atoms with Gasteiger partial charge in [0.2, 0.25) is 11.5 Å². The lowest BCUT2D eigenvalue weighted by molar-refractivity contribution is -0.386. The molecule has 1 aromatic carbocycles. The van der Waals surface area contributed by atoms with Gasteiger partial charge < -0.3 is 28.7 Å². The minimum absolute atomic E-state index is 0.0566. The molecule has 1 saturated heterocycles. The lowest BCUT2D eigenvalue weighted by atomic mass is 10.1. The first kappa shape index (κ1) is 26.7. The summed E-state index contributed by atoms with van der Waals surface area (Å²) in [6.45, 7) is 2.83. The van der Waals surface area contributed by atoms with Gasteiger partial charge in [0.1, 0.15) is 11.5 Å². The quantitative estimate of drug-likeness (QED) is 0.161. The Morgan fingerprint density at radius 3 is 2.57 bits per heavy atom. The zero-order valence-corrected chi connectivity index (χ0v) is 20.3. The largest absolute Gasteiger partial charge is 0.490 e. The minimum Gasteiger partial charge on any atom is -0.490 e. The number of benzene rings is 1. The number of imide groups is 1. The van der Waals surface area contributed by atoms with Crippen molar-refractivity contribution in [2.45, 2.75) is 26.5 Å². The third-order valence-electron chi connectivity index (χ3n) is 5.02. The second-order valence-electron chi connectivity index (χ2n) is 7.48. The van der Waals surface area contributed by atoms with E-state index in [9.17, 15) is 29.3 Å². The Labute approximate surface area is 209 Å². The lowest BCUT2D eigenvalue weighted by Crippen LogP contribution is -2.30. The predicted octanol–water partition coefficient (Wildman–Crippen LogP) is 2.41. The highest BCUT2D eigenvalue weighted by Crippen LogP contribution is 2.40. The first-order valence-corrected chi connectivity index (χ1v) is 10.8. The molecule has 196 valence electrons. The molecular weight excluding hydrogens is 494 g/mol. The molecule has 1 aliphatic heterocycles. The number of esters is 2. The molecule has 3 amide bonds. The van der Waals surface area contributed by atoms with Crippen molar-refractivity contribution in [1.29, 1.82) is 0 Å². The van der Waals surface area contributed by atoms with Crippen LogP contribution in [-0.4, -0.2) is 60.6 Å². The van der Waals surface area contributed by atoms with E-state index in [1.807, 2.05) is 0 Å². The Morgan fingerprint density at radius 1 is 1.22 bits per heavy atom. The van der Waals surface area contributed by atoms with E-state index in [2.05, 4.69) is 14.8 Å². The number of carbonyl (C=O) groups excluding carboxylic acids is 4. The first-order valence-electron chi connectivity index (χ1n) is 10.8. The summed E-state index contributed by atoms with van der Waals surface area (Å²) in [6, 6.07) is 4.46. The highest BCUT2D eigenvalue weighted by Gasteiger charge is 2.35. The monoisotopic (exact) mass is 517 g/mol. The van der Waals surface area contributed by atoms with Crippen LogP contribution in [0.3, 0.4) is 0 Å². The minimum atomic E-state index is -1.17. The number of methoxy groups -OCH3 is 2. The van der Waals surface area contributed by atoms with Gasteiger partial charge in [0.25, 0.3) is 5.91 Å². The maximum Gasteiger partial charge on any atom is 0.373 e. The smallest absolute Gasteiger partial charge is 0.373 e. The van der Waals surface area contributed by atoms with Gasteiger partial charge in [-0.25, -0.2) is 14.4 Å². The van der Waals surface area contributed by atoms with Gasteiger partial charge in [0, 0.05) is 6.07 Å². The van der Waals surface area contributed by atoms with Crippen molar-refractivity contribution in [2.24, 2.45) is 0 Å². The first-order chi connectivity index (χ1) is 17.6.